The third-order valence-electron chi connectivity index (χ3n) is 3.58. The molecule has 0 atom stereocenters. The van der Waals surface area contributed by atoms with Gasteiger partial charge in [0.1, 0.15) is 0 Å². The molecule has 140 valence electrons. The van der Waals surface area contributed by atoms with E-state index in [0.717, 1.165) is 10.4 Å². The third-order valence-corrected chi connectivity index (χ3v) is 6.92. The molecule has 0 fully saturated rings. The van der Waals surface area contributed by atoms with E-state index >= 15 is 0 Å². The Morgan fingerprint density at radius 1 is 1.04 bits per heavy atom. The van der Waals surface area contributed by atoms with Crippen molar-refractivity contribution >= 4 is 31.7 Å². The molecule has 0 saturated carbocycles. The van der Waals surface area contributed by atoms with Crippen LogP contribution in [-0.2, 0) is 20.0 Å². The van der Waals surface area contributed by atoms with Gasteiger partial charge >= 0.3 is 0 Å². The number of rotatable bonds is 6. The van der Waals surface area contributed by atoms with E-state index in [4.69, 9.17) is 0 Å². The highest BCUT2D eigenvalue weighted by Gasteiger charge is 2.22. The summed E-state index contributed by atoms with van der Waals surface area (Å²) >= 11 is 0. The quantitative estimate of drug-likeness (QED) is 0.753. The Kier molecular flexibility index (Phi) is 5.40. The smallest absolute Gasteiger partial charge is 0.261 e. The number of carbonyl (C=O) groups is 1. The van der Waals surface area contributed by atoms with E-state index in [1.807, 2.05) is 0 Å². The van der Waals surface area contributed by atoms with Crippen LogP contribution in [0.2, 0.25) is 0 Å². The number of nitrogens with one attached hydrogen (secondary N) is 1. The van der Waals surface area contributed by atoms with Gasteiger partial charge in [-0.3, -0.25) is 4.72 Å². The van der Waals surface area contributed by atoms with Gasteiger partial charge in [-0.25, -0.2) is 21.1 Å². The Morgan fingerprint density at radius 2 is 1.69 bits per heavy atom. The fourth-order valence-corrected chi connectivity index (χ4v) is 4.38. The first kappa shape index (κ1) is 19.9. The first-order valence-corrected chi connectivity index (χ1v) is 10.2. The van der Waals surface area contributed by atoms with Crippen LogP contribution in [0, 0.1) is 6.92 Å². The number of carboxylic acids is 1. The van der Waals surface area contributed by atoms with Crippen molar-refractivity contribution in [3.8, 4) is 0 Å². The number of sulfonamides is 2. The second kappa shape index (κ2) is 7.06. The number of carbonyl (C=O) groups excluding carboxylic acids is 1. The minimum absolute atomic E-state index is 0.0359. The molecule has 0 unspecified atom stereocenters. The van der Waals surface area contributed by atoms with Gasteiger partial charge < -0.3 is 9.90 Å². The van der Waals surface area contributed by atoms with Crippen LogP contribution in [0.5, 0.6) is 0 Å². The van der Waals surface area contributed by atoms with Gasteiger partial charge in [-0.15, -0.1) is 0 Å². The second-order valence-corrected chi connectivity index (χ2v) is 9.49. The first-order chi connectivity index (χ1) is 11.9. The summed E-state index contributed by atoms with van der Waals surface area (Å²) in [6, 6.07) is 8.78. The average Bonchev–Trinajstić information content (AvgIpc) is 2.56. The summed E-state index contributed by atoms with van der Waals surface area (Å²) in [6.07, 6.45) is 0. The van der Waals surface area contributed by atoms with E-state index in [-0.39, 0.29) is 21.0 Å². The van der Waals surface area contributed by atoms with Crippen molar-refractivity contribution in [2.24, 2.45) is 0 Å². The molecule has 0 radical (unpaired) electrons. The van der Waals surface area contributed by atoms with Gasteiger partial charge in [-0.1, -0.05) is 18.2 Å². The number of carboxylic acid groups (broad SMARTS) is 1. The maximum atomic E-state index is 12.5. The monoisotopic (exact) mass is 397 g/mol. The van der Waals surface area contributed by atoms with Crippen LogP contribution < -0.4 is 9.83 Å². The van der Waals surface area contributed by atoms with Crippen molar-refractivity contribution in [1.82, 2.24) is 4.31 Å². The Balaban J connectivity index is 2.45. The molecule has 0 aliphatic rings. The van der Waals surface area contributed by atoms with E-state index in [2.05, 4.69) is 4.72 Å². The number of hydrogen-bond donors (Lipinski definition) is 1. The minimum Gasteiger partial charge on any atom is -0.545 e. The van der Waals surface area contributed by atoms with Crippen LogP contribution in [0.1, 0.15) is 15.9 Å². The highest BCUT2D eigenvalue weighted by molar-refractivity contribution is 7.92. The van der Waals surface area contributed by atoms with Crippen LogP contribution in [0.3, 0.4) is 0 Å². The topological polar surface area (TPSA) is 124 Å². The van der Waals surface area contributed by atoms with Crippen LogP contribution >= 0.6 is 0 Å². The molecule has 0 aliphatic heterocycles. The predicted molar refractivity (Wildman–Crippen MR) is 93.6 cm³/mol. The standard InChI is InChI=1S/C16H18N2O6S2/c1-11-7-8-13(10-15(11)26(23,24)18(2)3)17-25(21,22)14-6-4-5-12(9-14)16(19)20/h4-10,17H,1-3H3,(H,19,20)/p-1. The number of benzene rings is 2. The molecule has 10 heteroatoms. The largest absolute Gasteiger partial charge is 0.545 e. The van der Waals surface area contributed by atoms with Crippen molar-refractivity contribution in [3.63, 3.8) is 0 Å². The van der Waals surface area contributed by atoms with Crippen molar-refractivity contribution < 1.29 is 26.7 Å². The lowest BCUT2D eigenvalue weighted by Crippen LogP contribution is -2.23. The zero-order chi connectivity index (χ0) is 19.7. The van der Waals surface area contributed by atoms with Crippen molar-refractivity contribution in [1.29, 1.82) is 0 Å². The van der Waals surface area contributed by atoms with Gasteiger partial charge in [-0.05, 0) is 42.3 Å². The summed E-state index contributed by atoms with van der Waals surface area (Å²) in [5, 5.41) is 10.9. The zero-order valence-corrected chi connectivity index (χ0v) is 15.9. The Hall–Kier alpha value is -2.43. The summed E-state index contributed by atoms with van der Waals surface area (Å²) in [5.74, 6) is -1.50. The van der Waals surface area contributed by atoms with Gasteiger partial charge in [0.2, 0.25) is 10.0 Å². The lowest BCUT2D eigenvalue weighted by Gasteiger charge is -2.15. The lowest BCUT2D eigenvalue weighted by atomic mass is 10.2. The number of hydrogen-bond acceptors (Lipinski definition) is 6. The van der Waals surface area contributed by atoms with E-state index < -0.39 is 26.0 Å². The third kappa shape index (κ3) is 4.03. The zero-order valence-electron chi connectivity index (χ0n) is 14.3. The molecule has 8 nitrogen and oxygen atoms in total. The molecule has 1 N–H and O–H groups in total. The predicted octanol–water partition coefficient (Wildman–Crippen LogP) is 0.410. The highest BCUT2D eigenvalue weighted by Crippen LogP contribution is 2.24. The molecule has 0 heterocycles. The number of aryl methyl sites for hydroxylation is 1. The molecule has 0 spiro atoms. The molecule has 0 amide bonds. The molecule has 2 rings (SSSR count). The molecule has 2 aromatic rings. The molecule has 26 heavy (non-hydrogen) atoms. The molecule has 0 bridgehead atoms. The molecule has 0 aromatic heterocycles. The molecule has 2 aromatic carbocycles. The molecule has 0 aliphatic carbocycles. The SMILES string of the molecule is Cc1ccc(NS(=O)(=O)c2cccc(C(=O)[O-])c2)cc1S(=O)(=O)N(C)C. The minimum atomic E-state index is -4.11. The van der Waals surface area contributed by atoms with Gasteiger partial charge in [0.25, 0.3) is 10.0 Å². The number of aromatic carboxylic acids is 1. The Morgan fingerprint density at radius 3 is 2.27 bits per heavy atom. The summed E-state index contributed by atoms with van der Waals surface area (Å²) in [5.41, 5.74) is 0.211. The molecular weight excluding hydrogens is 380 g/mol. The summed E-state index contributed by atoms with van der Waals surface area (Å²) in [7, 11) is -5.13. The van der Waals surface area contributed by atoms with Gasteiger partial charge in [-0.2, -0.15) is 0 Å². The first-order valence-electron chi connectivity index (χ1n) is 7.32. The van der Waals surface area contributed by atoms with Gasteiger partial charge in [0.15, 0.2) is 0 Å². The summed E-state index contributed by atoms with van der Waals surface area (Å²) in [6.45, 7) is 1.60. The van der Waals surface area contributed by atoms with Gasteiger partial charge in [0, 0.05) is 14.1 Å². The van der Waals surface area contributed by atoms with Crippen molar-refractivity contribution in [2.45, 2.75) is 16.7 Å². The number of anilines is 1. The summed E-state index contributed by atoms with van der Waals surface area (Å²) < 4.78 is 52.9. The van der Waals surface area contributed by atoms with Crippen LogP contribution in [0.25, 0.3) is 0 Å². The van der Waals surface area contributed by atoms with Crippen LogP contribution in [0.15, 0.2) is 52.3 Å². The van der Waals surface area contributed by atoms with Gasteiger partial charge in [0.05, 0.1) is 21.4 Å². The average molecular weight is 397 g/mol. The van der Waals surface area contributed by atoms with E-state index in [1.54, 1.807) is 6.92 Å². The fraction of sp³-hybridized carbons (Fsp3) is 0.188. The van der Waals surface area contributed by atoms with E-state index in [0.29, 0.717) is 5.56 Å². The molecular formula is C16H17N2O6S2-. The highest BCUT2D eigenvalue weighted by atomic mass is 32.2. The second-order valence-electron chi connectivity index (χ2n) is 5.69. The summed E-state index contributed by atoms with van der Waals surface area (Å²) in [4.78, 5) is 10.6. The van der Waals surface area contributed by atoms with Crippen molar-refractivity contribution in [2.75, 3.05) is 18.8 Å². The lowest BCUT2D eigenvalue weighted by molar-refractivity contribution is -0.255. The Labute approximate surface area is 152 Å². The maximum absolute atomic E-state index is 12.5. The Bertz CT molecular complexity index is 1060. The van der Waals surface area contributed by atoms with Crippen LogP contribution in [0.4, 0.5) is 5.69 Å². The maximum Gasteiger partial charge on any atom is 0.261 e. The normalized spacial score (nSPS) is 12.2. The number of nitrogens with zero attached hydrogens (tertiary/aromatic N) is 1. The van der Waals surface area contributed by atoms with Crippen molar-refractivity contribution in [3.05, 3.63) is 53.6 Å². The van der Waals surface area contributed by atoms with E-state index in [1.165, 1.54) is 50.5 Å². The molecule has 0 saturated heterocycles. The fourth-order valence-electron chi connectivity index (χ4n) is 2.14. The van der Waals surface area contributed by atoms with Crippen LogP contribution in [-0.4, -0.2) is 41.2 Å². The van der Waals surface area contributed by atoms with E-state index in [9.17, 15) is 26.7 Å².